The molecule has 4 aliphatic rings. The second-order valence-corrected chi connectivity index (χ2v) is 16.7. The van der Waals surface area contributed by atoms with Gasteiger partial charge in [0.1, 0.15) is 12.6 Å². The molecule has 0 aromatic heterocycles. The van der Waals surface area contributed by atoms with Gasteiger partial charge in [0.15, 0.2) is 0 Å². The van der Waals surface area contributed by atoms with E-state index in [1.54, 1.807) is 0 Å². The maximum absolute atomic E-state index is 5.65. The molecule has 42 heavy (non-hydrogen) atoms. The monoisotopic (exact) mass is 593 g/mol. The molecule has 0 amide bonds. The van der Waals surface area contributed by atoms with Crippen LogP contribution in [0.2, 0.25) is 0 Å². The van der Waals surface area contributed by atoms with Crippen LogP contribution >= 0.6 is 0 Å². The number of nitrogens with one attached hydrogen (secondary N) is 5. The van der Waals surface area contributed by atoms with Gasteiger partial charge in [0.2, 0.25) is 0 Å². The van der Waals surface area contributed by atoms with Crippen molar-refractivity contribution in [3.63, 3.8) is 0 Å². The summed E-state index contributed by atoms with van der Waals surface area (Å²) in [7, 11) is 2.35. The molecule has 0 aromatic carbocycles. The van der Waals surface area contributed by atoms with E-state index in [9.17, 15) is 0 Å². The molecule has 4 heterocycles. The van der Waals surface area contributed by atoms with Gasteiger partial charge in [-0.15, -0.1) is 0 Å². The van der Waals surface area contributed by atoms with Crippen molar-refractivity contribution in [2.75, 3.05) is 46.4 Å². The lowest BCUT2D eigenvalue weighted by atomic mass is 9.79. The first-order valence-electron chi connectivity index (χ1n) is 17.2. The highest BCUT2D eigenvalue weighted by Crippen LogP contribution is 2.33. The van der Waals surface area contributed by atoms with Gasteiger partial charge in [-0.3, -0.25) is 25.8 Å². The van der Waals surface area contributed by atoms with Crippen molar-refractivity contribution < 1.29 is 4.74 Å². The Labute approximate surface area is 259 Å². The summed E-state index contributed by atoms with van der Waals surface area (Å²) in [5, 5.41) is 19.3. The zero-order valence-corrected chi connectivity index (χ0v) is 29.0. The molecule has 0 aliphatic carbocycles. The number of hydrogen-bond acceptors (Lipinski definition) is 9. The number of ether oxygens (including phenoxy) is 1. The fourth-order valence-corrected chi connectivity index (χ4v) is 8.80. The highest BCUT2D eigenvalue weighted by Gasteiger charge is 2.43. The van der Waals surface area contributed by atoms with E-state index >= 15 is 0 Å². The quantitative estimate of drug-likeness (QED) is 0.232. The Morgan fingerprint density at radius 2 is 1.17 bits per heavy atom. The van der Waals surface area contributed by atoms with E-state index in [-0.39, 0.29) is 40.9 Å². The van der Waals surface area contributed by atoms with Crippen LogP contribution in [0.5, 0.6) is 0 Å². The summed E-state index contributed by atoms with van der Waals surface area (Å²) in [4.78, 5) is 7.93. The molecule has 9 heteroatoms. The van der Waals surface area contributed by atoms with E-state index in [1.807, 2.05) is 0 Å². The number of morpholine rings is 1. The van der Waals surface area contributed by atoms with Crippen molar-refractivity contribution in [2.45, 2.75) is 167 Å². The number of piperidine rings is 2. The van der Waals surface area contributed by atoms with E-state index in [0.29, 0.717) is 12.1 Å². The largest absolute Gasteiger partial charge is 0.379 e. The molecule has 4 aliphatic heterocycles. The zero-order valence-electron chi connectivity index (χ0n) is 29.0. The lowest BCUT2D eigenvalue weighted by molar-refractivity contribution is -0.0610. The molecule has 4 rings (SSSR count). The van der Waals surface area contributed by atoms with Gasteiger partial charge in [-0.05, 0) is 114 Å². The van der Waals surface area contributed by atoms with Crippen LogP contribution < -0.4 is 26.6 Å². The molecule has 246 valence electrons. The summed E-state index contributed by atoms with van der Waals surface area (Å²) >= 11 is 0. The van der Waals surface area contributed by atoms with Crippen molar-refractivity contribution in [3.05, 3.63) is 0 Å². The average Bonchev–Trinajstić information content (AvgIpc) is 2.84. The Kier molecular flexibility index (Phi) is 11.5. The van der Waals surface area contributed by atoms with Crippen LogP contribution in [0.15, 0.2) is 0 Å². The first-order valence-corrected chi connectivity index (χ1v) is 17.2. The summed E-state index contributed by atoms with van der Waals surface area (Å²) in [6.45, 7) is 27.1. The van der Waals surface area contributed by atoms with Gasteiger partial charge in [0.25, 0.3) is 0 Å². The molecular formula is C33H68N8O. The smallest absolute Gasteiger partial charge is 0.118 e. The van der Waals surface area contributed by atoms with Crippen LogP contribution in [0.1, 0.15) is 114 Å². The van der Waals surface area contributed by atoms with Gasteiger partial charge >= 0.3 is 0 Å². The van der Waals surface area contributed by atoms with Crippen molar-refractivity contribution >= 4 is 0 Å². The highest BCUT2D eigenvalue weighted by atomic mass is 16.5. The fraction of sp³-hybridized carbons (Fsp3) is 1.00. The van der Waals surface area contributed by atoms with Gasteiger partial charge in [-0.2, -0.15) is 0 Å². The lowest BCUT2D eigenvalue weighted by Crippen LogP contribution is -2.77. The molecule has 0 aromatic rings. The molecule has 4 fully saturated rings. The van der Waals surface area contributed by atoms with Gasteiger partial charge < -0.3 is 20.3 Å². The first-order chi connectivity index (χ1) is 19.5. The second-order valence-electron chi connectivity index (χ2n) is 16.7. The van der Waals surface area contributed by atoms with Crippen molar-refractivity contribution in [1.29, 1.82) is 0 Å². The molecule has 3 atom stereocenters. The highest BCUT2D eigenvalue weighted by molar-refractivity contribution is 5.02. The predicted molar refractivity (Wildman–Crippen MR) is 175 cm³/mol. The van der Waals surface area contributed by atoms with E-state index in [4.69, 9.17) is 4.74 Å². The van der Waals surface area contributed by atoms with E-state index in [1.165, 1.54) is 45.1 Å². The number of nitrogens with zero attached hydrogens (tertiary/aromatic N) is 3. The number of unbranched alkanes of at least 4 members (excludes halogenated alkanes) is 3. The van der Waals surface area contributed by atoms with Gasteiger partial charge in [-0.25, -0.2) is 0 Å². The molecule has 0 spiro atoms. The summed E-state index contributed by atoms with van der Waals surface area (Å²) in [6, 6.07) is 1.19. The van der Waals surface area contributed by atoms with E-state index in [0.717, 1.165) is 45.7 Å². The Morgan fingerprint density at radius 1 is 0.667 bits per heavy atom. The van der Waals surface area contributed by atoms with Crippen molar-refractivity contribution in [2.24, 2.45) is 0 Å². The third-order valence-electron chi connectivity index (χ3n) is 9.98. The van der Waals surface area contributed by atoms with E-state index in [2.05, 4.69) is 111 Å². The van der Waals surface area contributed by atoms with E-state index < -0.39 is 0 Å². The third-order valence-corrected chi connectivity index (χ3v) is 9.98. The summed E-state index contributed by atoms with van der Waals surface area (Å²) in [5.74, 6) is 0. The standard InChI is InChI=1S/C33H68N8O/c1-25-34-28(40-17-19-42-20-18-40)36-29(35-25)41(27-23-32(6,7)38-33(8,9)24-27)16-14-12-11-13-15-39(10)26-21-30(2,3)37-31(4,5)22-26/h25-29,34-38H,11-24H2,1-10H3. The van der Waals surface area contributed by atoms with Crippen LogP contribution in [0.3, 0.4) is 0 Å². The van der Waals surface area contributed by atoms with Gasteiger partial charge in [0, 0.05) is 53.9 Å². The lowest BCUT2D eigenvalue weighted by Gasteiger charge is -2.53. The first kappa shape index (κ1) is 34.5. The molecule has 5 N–H and O–H groups in total. The maximum Gasteiger partial charge on any atom is 0.118 e. The summed E-state index contributed by atoms with van der Waals surface area (Å²) in [6.07, 6.45) is 10.5. The van der Waals surface area contributed by atoms with Crippen LogP contribution in [-0.4, -0.2) is 114 Å². The Hall–Kier alpha value is -0.360. The summed E-state index contributed by atoms with van der Waals surface area (Å²) in [5.41, 5.74) is 0.651. The molecule has 0 radical (unpaired) electrons. The van der Waals surface area contributed by atoms with Crippen LogP contribution in [0.25, 0.3) is 0 Å². The fourth-order valence-electron chi connectivity index (χ4n) is 8.80. The maximum atomic E-state index is 5.65. The zero-order chi connectivity index (χ0) is 30.8. The molecule has 0 saturated carbocycles. The van der Waals surface area contributed by atoms with Crippen LogP contribution in [-0.2, 0) is 4.74 Å². The molecule has 3 unspecified atom stereocenters. The summed E-state index contributed by atoms with van der Waals surface area (Å²) < 4.78 is 5.65. The Balaban J connectivity index is 1.33. The Morgan fingerprint density at radius 3 is 1.71 bits per heavy atom. The minimum absolute atomic E-state index is 0.120. The SMILES string of the molecule is CC1NC(N2CCOCC2)NC(N(CCCCCCN(C)C2CC(C)(C)NC(C)(C)C2)C2CC(C)(C)NC(C)(C)C2)N1. The third kappa shape index (κ3) is 10.1. The van der Waals surface area contributed by atoms with Crippen LogP contribution in [0.4, 0.5) is 0 Å². The normalized spacial score (nSPS) is 32.4. The second kappa shape index (κ2) is 14.0. The predicted octanol–water partition coefficient (Wildman–Crippen LogP) is 3.43. The minimum atomic E-state index is 0.120. The van der Waals surface area contributed by atoms with Gasteiger partial charge in [0.05, 0.1) is 19.4 Å². The molecule has 0 bridgehead atoms. The number of hydrogen-bond donors (Lipinski definition) is 5. The molecule has 9 nitrogen and oxygen atoms in total. The minimum Gasteiger partial charge on any atom is -0.379 e. The average molecular weight is 593 g/mol. The molecular weight excluding hydrogens is 524 g/mol. The Bertz CT molecular complexity index is 810. The van der Waals surface area contributed by atoms with Crippen molar-refractivity contribution in [1.82, 2.24) is 41.3 Å². The number of rotatable bonds is 11. The van der Waals surface area contributed by atoms with Gasteiger partial charge in [-0.1, -0.05) is 12.8 Å². The molecule has 4 saturated heterocycles. The topological polar surface area (TPSA) is 79.1 Å². The van der Waals surface area contributed by atoms with Crippen LogP contribution in [0, 0.1) is 0 Å². The van der Waals surface area contributed by atoms with Crippen molar-refractivity contribution in [3.8, 4) is 0 Å².